The Morgan fingerprint density at radius 2 is 1.88 bits per heavy atom. The van der Waals surface area contributed by atoms with E-state index >= 15 is 0 Å². The van der Waals surface area contributed by atoms with Crippen molar-refractivity contribution in [1.29, 1.82) is 0 Å². The van der Waals surface area contributed by atoms with Crippen LogP contribution in [0.4, 0.5) is 11.4 Å². The molecule has 0 aliphatic carbocycles. The van der Waals surface area contributed by atoms with Gasteiger partial charge >= 0.3 is 0 Å². The summed E-state index contributed by atoms with van der Waals surface area (Å²) in [6, 6.07) is 13.0. The summed E-state index contributed by atoms with van der Waals surface area (Å²) < 4.78 is 0.938. The first kappa shape index (κ1) is 17.7. The molecule has 1 aliphatic heterocycles. The second kappa shape index (κ2) is 7.40. The predicted octanol–water partition coefficient (Wildman–Crippen LogP) is 4.64. The van der Waals surface area contributed by atoms with Gasteiger partial charge in [0, 0.05) is 34.4 Å². The minimum atomic E-state index is -0.140. The van der Waals surface area contributed by atoms with E-state index in [0.29, 0.717) is 24.3 Å². The van der Waals surface area contributed by atoms with Gasteiger partial charge in [-0.15, -0.1) is 0 Å². The predicted molar refractivity (Wildman–Crippen MR) is 104 cm³/mol. The zero-order valence-electron chi connectivity index (χ0n) is 14.4. The fraction of sp³-hybridized carbons (Fsp3) is 0.300. The van der Waals surface area contributed by atoms with Gasteiger partial charge in [0.1, 0.15) is 0 Å². The number of aryl methyl sites for hydroxylation is 1. The summed E-state index contributed by atoms with van der Waals surface area (Å²) in [6.45, 7) is 4.93. The highest BCUT2D eigenvalue weighted by molar-refractivity contribution is 9.10. The van der Waals surface area contributed by atoms with Gasteiger partial charge in [-0.05, 0) is 60.4 Å². The Balaban J connectivity index is 1.80. The Hall–Kier alpha value is -2.14. The van der Waals surface area contributed by atoms with Crippen LogP contribution < -0.4 is 10.2 Å². The number of fused-ring (bicyclic) bond motifs is 1. The molecule has 5 heteroatoms. The number of anilines is 2. The normalized spacial score (nSPS) is 13.8. The van der Waals surface area contributed by atoms with Crippen LogP contribution in [0.2, 0.25) is 0 Å². The van der Waals surface area contributed by atoms with Gasteiger partial charge in [0.25, 0.3) is 5.91 Å². The van der Waals surface area contributed by atoms with Crippen molar-refractivity contribution in [2.24, 2.45) is 5.92 Å². The van der Waals surface area contributed by atoms with E-state index < -0.39 is 0 Å². The molecule has 2 amide bonds. The van der Waals surface area contributed by atoms with Crippen molar-refractivity contribution in [2.45, 2.75) is 26.7 Å². The number of rotatable bonds is 4. The minimum Gasteiger partial charge on any atom is -0.322 e. The molecule has 130 valence electrons. The first-order valence-corrected chi connectivity index (χ1v) is 9.23. The number of amides is 2. The first-order chi connectivity index (χ1) is 11.9. The Bertz CT molecular complexity index is 800. The number of carbonyl (C=O) groups excluding carboxylic acids is 2. The maximum atomic E-state index is 12.4. The number of carbonyl (C=O) groups is 2. The Morgan fingerprint density at radius 1 is 1.16 bits per heavy atom. The van der Waals surface area contributed by atoms with Crippen LogP contribution in [0.3, 0.4) is 0 Å². The zero-order chi connectivity index (χ0) is 18.0. The topological polar surface area (TPSA) is 49.4 Å². The van der Waals surface area contributed by atoms with Crippen LogP contribution in [0.1, 0.15) is 36.2 Å². The van der Waals surface area contributed by atoms with Gasteiger partial charge in [0.15, 0.2) is 0 Å². The average molecular weight is 401 g/mol. The molecule has 0 atom stereocenters. The summed E-state index contributed by atoms with van der Waals surface area (Å²) in [5.74, 6) is 0.443. The molecule has 0 radical (unpaired) electrons. The lowest BCUT2D eigenvalue weighted by molar-refractivity contribution is -0.119. The maximum Gasteiger partial charge on any atom is 0.255 e. The maximum absolute atomic E-state index is 12.4. The Kier molecular flexibility index (Phi) is 5.23. The van der Waals surface area contributed by atoms with Crippen molar-refractivity contribution in [1.82, 2.24) is 0 Å². The molecule has 4 nitrogen and oxygen atoms in total. The van der Waals surface area contributed by atoms with Crippen LogP contribution in [0.5, 0.6) is 0 Å². The molecule has 0 aromatic heterocycles. The monoisotopic (exact) mass is 400 g/mol. The van der Waals surface area contributed by atoms with Gasteiger partial charge in [-0.25, -0.2) is 0 Å². The highest BCUT2D eigenvalue weighted by Crippen LogP contribution is 2.31. The molecule has 3 rings (SSSR count). The van der Waals surface area contributed by atoms with Crippen LogP contribution in [-0.2, 0) is 11.2 Å². The SMILES string of the molecule is CC(C)CN1C(=O)CCc2cc(NC(=O)c3ccc(Br)cc3)ccc21. The molecule has 0 bridgehead atoms. The van der Waals surface area contributed by atoms with E-state index in [9.17, 15) is 9.59 Å². The van der Waals surface area contributed by atoms with Gasteiger partial charge < -0.3 is 10.2 Å². The third-order valence-electron chi connectivity index (χ3n) is 4.19. The smallest absolute Gasteiger partial charge is 0.255 e. The molecule has 25 heavy (non-hydrogen) atoms. The molecule has 2 aromatic carbocycles. The van der Waals surface area contributed by atoms with Crippen LogP contribution in [0.25, 0.3) is 0 Å². The number of nitrogens with one attached hydrogen (secondary N) is 1. The van der Waals surface area contributed by atoms with Crippen LogP contribution in [0.15, 0.2) is 46.9 Å². The van der Waals surface area contributed by atoms with E-state index in [2.05, 4.69) is 35.1 Å². The fourth-order valence-electron chi connectivity index (χ4n) is 3.01. The Labute approximate surface area is 156 Å². The molecule has 0 saturated carbocycles. The molecular formula is C20H21BrN2O2. The van der Waals surface area contributed by atoms with Crippen LogP contribution in [0, 0.1) is 5.92 Å². The summed E-state index contributed by atoms with van der Waals surface area (Å²) in [4.78, 5) is 26.4. The number of benzene rings is 2. The number of hydrogen-bond donors (Lipinski definition) is 1. The molecular weight excluding hydrogens is 380 g/mol. The van der Waals surface area contributed by atoms with E-state index in [1.807, 2.05) is 35.2 Å². The number of hydrogen-bond acceptors (Lipinski definition) is 2. The molecule has 0 saturated heterocycles. The minimum absolute atomic E-state index is 0.140. The number of halogens is 1. The van der Waals surface area contributed by atoms with Gasteiger partial charge in [-0.1, -0.05) is 29.8 Å². The highest BCUT2D eigenvalue weighted by Gasteiger charge is 2.24. The van der Waals surface area contributed by atoms with E-state index in [4.69, 9.17) is 0 Å². The zero-order valence-corrected chi connectivity index (χ0v) is 16.0. The summed E-state index contributed by atoms with van der Waals surface area (Å²) >= 11 is 3.37. The lowest BCUT2D eigenvalue weighted by atomic mass is 9.99. The van der Waals surface area contributed by atoms with Crippen LogP contribution in [-0.4, -0.2) is 18.4 Å². The lowest BCUT2D eigenvalue weighted by Gasteiger charge is -2.31. The van der Waals surface area contributed by atoms with Crippen molar-refractivity contribution in [3.8, 4) is 0 Å². The highest BCUT2D eigenvalue weighted by atomic mass is 79.9. The molecule has 1 heterocycles. The second-order valence-corrected chi connectivity index (χ2v) is 7.62. The van der Waals surface area contributed by atoms with E-state index in [-0.39, 0.29) is 11.8 Å². The van der Waals surface area contributed by atoms with Crippen molar-refractivity contribution in [2.75, 3.05) is 16.8 Å². The van der Waals surface area contributed by atoms with Crippen molar-refractivity contribution in [3.05, 3.63) is 58.1 Å². The standard InChI is InChI=1S/C20H21BrN2O2/c1-13(2)12-23-18-9-8-17(11-15(18)5-10-19(23)24)22-20(25)14-3-6-16(21)7-4-14/h3-4,6-9,11,13H,5,10,12H2,1-2H3,(H,22,25). The third-order valence-corrected chi connectivity index (χ3v) is 4.72. The summed E-state index contributed by atoms with van der Waals surface area (Å²) in [7, 11) is 0. The molecule has 1 N–H and O–H groups in total. The molecule has 1 aliphatic rings. The van der Waals surface area contributed by atoms with E-state index in [1.165, 1.54) is 0 Å². The lowest BCUT2D eigenvalue weighted by Crippen LogP contribution is -2.37. The molecule has 0 fully saturated rings. The van der Waals surface area contributed by atoms with Crippen molar-refractivity contribution >= 4 is 39.1 Å². The summed E-state index contributed by atoms with van der Waals surface area (Å²) in [5.41, 5.74) is 3.43. The van der Waals surface area contributed by atoms with Crippen LogP contribution >= 0.6 is 15.9 Å². The molecule has 0 spiro atoms. The average Bonchev–Trinajstić information content (AvgIpc) is 2.57. The molecule has 2 aromatic rings. The first-order valence-electron chi connectivity index (χ1n) is 8.44. The fourth-order valence-corrected chi connectivity index (χ4v) is 3.27. The third kappa shape index (κ3) is 4.10. The van der Waals surface area contributed by atoms with Crippen molar-refractivity contribution < 1.29 is 9.59 Å². The van der Waals surface area contributed by atoms with Gasteiger partial charge in [-0.2, -0.15) is 0 Å². The van der Waals surface area contributed by atoms with Gasteiger partial charge in [-0.3, -0.25) is 9.59 Å². The summed E-state index contributed by atoms with van der Waals surface area (Å²) in [5, 5.41) is 2.94. The Morgan fingerprint density at radius 3 is 2.56 bits per heavy atom. The van der Waals surface area contributed by atoms with E-state index in [1.54, 1.807) is 12.1 Å². The second-order valence-electron chi connectivity index (χ2n) is 6.70. The quantitative estimate of drug-likeness (QED) is 0.812. The van der Waals surface area contributed by atoms with Gasteiger partial charge in [0.05, 0.1) is 0 Å². The molecule has 0 unspecified atom stereocenters. The van der Waals surface area contributed by atoms with E-state index in [0.717, 1.165) is 28.0 Å². The van der Waals surface area contributed by atoms with Gasteiger partial charge in [0.2, 0.25) is 5.91 Å². The largest absolute Gasteiger partial charge is 0.322 e. The summed E-state index contributed by atoms with van der Waals surface area (Å²) in [6.07, 6.45) is 1.23. The van der Waals surface area contributed by atoms with Crippen molar-refractivity contribution in [3.63, 3.8) is 0 Å². The number of nitrogens with zero attached hydrogens (tertiary/aromatic N) is 1.